The SMILES string of the molecule is CC(C)CC(CN)CC(=O)N1CCCCCCC1. The molecule has 0 aliphatic carbocycles. The predicted octanol–water partition coefficient (Wildman–Crippen LogP) is 2.79. The van der Waals surface area contributed by atoms with E-state index in [1.54, 1.807) is 0 Å². The molecular formula is C15H30N2O. The summed E-state index contributed by atoms with van der Waals surface area (Å²) in [5, 5.41) is 0. The Balaban J connectivity index is 2.40. The molecule has 0 aromatic carbocycles. The largest absolute Gasteiger partial charge is 0.343 e. The minimum atomic E-state index is 0.327. The van der Waals surface area contributed by atoms with Crippen molar-refractivity contribution in [1.29, 1.82) is 0 Å². The van der Waals surface area contributed by atoms with Crippen LogP contribution in [0.2, 0.25) is 0 Å². The van der Waals surface area contributed by atoms with Crippen molar-refractivity contribution in [2.75, 3.05) is 19.6 Å². The van der Waals surface area contributed by atoms with E-state index in [1.807, 2.05) is 0 Å². The molecule has 0 spiro atoms. The van der Waals surface area contributed by atoms with E-state index < -0.39 is 0 Å². The van der Waals surface area contributed by atoms with Crippen molar-refractivity contribution >= 4 is 5.91 Å². The van der Waals surface area contributed by atoms with Gasteiger partial charge in [-0.3, -0.25) is 4.79 Å². The summed E-state index contributed by atoms with van der Waals surface area (Å²) in [6.45, 7) is 6.94. The molecule has 1 atom stereocenters. The van der Waals surface area contributed by atoms with Crippen molar-refractivity contribution in [3.05, 3.63) is 0 Å². The zero-order chi connectivity index (χ0) is 13.4. The predicted molar refractivity (Wildman–Crippen MR) is 76.3 cm³/mol. The maximum atomic E-state index is 12.3. The standard InChI is InChI=1S/C15H30N2O/c1-13(2)10-14(12-16)11-15(18)17-8-6-4-3-5-7-9-17/h13-14H,3-12,16H2,1-2H3. The number of rotatable bonds is 5. The summed E-state index contributed by atoms with van der Waals surface area (Å²) in [5.41, 5.74) is 5.78. The first-order chi connectivity index (χ1) is 8.63. The van der Waals surface area contributed by atoms with Gasteiger partial charge in [-0.15, -0.1) is 0 Å². The minimum absolute atomic E-state index is 0.327. The van der Waals surface area contributed by atoms with Crippen molar-refractivity contribution in [3.63, 3.8) is 0 Å². The lowest BCUT2D eigenvalue weighted by Crippen LogP contribution is -2.36. The third kappa shape index (κ3) is 5.85. The van der Waals surface area contributed by atoms with Crippen LogP contribution in [0.15, 0.2) is 0 Å². The maximum absolute atomic E-state index is 12.3. The van der Waals surface area contributed by atoms with E-state index in [4.69, 9.17) is 5.73 Å². The van der Waals surface area contributed by atoms with Crippen molar-refractivity contribution in [3.8, 4) is 0 Å². The van der Waals surface area contributed by atoms with Crippen molar-refractivity contribution < 1.29 is 4.79 Å². The molecule has 2 N–H and O–H groups in total. The van der Waals surface area contributed by atoms with Gasteiger partial charge in [-0.1, -0.05) is 33.1 Å². The van der Waals surface area contributed by atoms with Crippen LogP contribution in [0, 0.1) is 11.8 Å². The highest BCUT2D eigenvalue weighted by atomic mass is 16.2. The highest BCUT2D eigenvalue weighted by molar-refractivity contribution is 5.76. The average molecular weight is 254 g/mol. The number of hydrogen-bond donors (Lipinski definition) is 1. The first-order valence-electron chi connectivity index (χ1n) is 7.61. The number of carbonyl (C=O) groups is 1. The van der Waals surface area contributed by atoms with Crippen LogP contribution in [0.25, 0.3) is 0 Å². The van der Waals surface area contributed by atoms with Crippen LogP contribution in [0.3, 0.4) is 0 Å². The van der Waals surface area contributed by atoms with Crippen molar-refractivity contribution in [1.82, 2.24) is 4.90 Å². The molecule has 3 heteroatoms. The highest BCUT2D eigenvalue weighted by Crippen LogP contribution is 2.17. The molecule has 1 heterocycles. The summed E-state index contributed by atoms with van der Waals surface area (Å²) < 4.78 is 0. The van der Waals surface area contributed by atoms with Gasteiger partial charge < -0.3 is 10.6 Å². The Hall–Kier alpha value is -0.570. The summed E-state index contributed by atoms with van der Waals surface area (Å²) in [4.78, 5) is 14.4. The minimum Gasteiger partial charge on any atom is -0.343 e. The molecule has 0 bridgehead atoms. The quantitative estimate of drug-likeness (QED) is 0.820. The molecule has 3 nitrogen and oxygen atoms in total. The van der Waals surface area contributed by atoms with Crippen LogP contribution in [0.4, 0.5) is 0 Å². The van der Waals surface area contributed by atoms with E-state index in [9.17, 15) is 4.79 Å². The smallest absolute Gasteiger partial charge is 0.222 e. The molecule has 18 heavy (non-hydrogen) atoms. The molecule has 1 aliphatic rings. The van der Waals surface area contributed by atoms with Crippen molar-refractivity contribution in [2.24, 2.45) is 17.6 Å². The topological polar surface area (TPSA) is 46.3 Å². The van der Waals surface area contributed by atoms with E-state index >= 15 is 0 Å². The molecule has 1 saturated heterocycles. The van der Waals surface area contributed by atoms with Crippen molar-refractivity contribution in [2.45, 2.75) is 58.8 Å². The van der Waals surface area contributed by atoms with Crippen LogP contribution in [0.5, 0.6) is 0 Å². The summed E-state index contributed by atoms with van der Waals surface area (Å²) >= 11 is 0. The summed E-state index contributed by atoms with van der Waals surface area (Å²) in [7, 11) is 0. The molecule has 0 saturated carbocycles. The number of carbonyl (C=O) groups excluding carboxylic acids is 1. The normalized spacial score (nSPS) is 19.4. The van der Waals surface area contributed by atoms with Gasteiger partial charge in [-0.05, 0) is 37.6 Å². The van der Waals surface area contributed by atoms with Gasteiger partial charge in [-0.25, -0.2) is 0 Å². The van der Waals surface area contributed by atoms with Gasteiger partial charge in [-0.2, -0.15) is 0 Å². The van der Waals surface area contributed by atoms with Gasteiger partial charge >= 0.3 is 0 Å². The zero-order valence-electron chi connectivity index (χ0n) is 12.2. The summed E-state index contributed by atoms with van der Waals surface area (Å²) in [6, 6.07) is 0. The highest BCUT2D eigenvalue weighted by Gasteiger charge is 2.19. The first-order valence-corrected chi connectivity index (χ1v) is 7.61. The van der Waals surface area contributed by atoms with Gasteiger partial charge in [0.15, 0.2) is 0 Å². The lowest BCUT2D eigenvalue weighted by atomic mass is 9.93. The number of likely N-dealkylation sites (tertiary alicyclic amines) is 1. The molecule has 1 fully saturated rings. The van der Waals surface area contributed by atoms with Gasteiger partial charge in [0.05, 0.1) is 0 Å². The number of amides is 1. The Morgan fingerprint density at radius 2 is 1.67 bits per heavy atom. The third-order valence-electron chi connectivity index (χ3n) is 3.81. The number of nitrogens with zero attached hydrogens (tertiary/aromatic N) is 1. The van der Waals surface area contributed by atoms with E-state index in [2.05, 4.69) is 18.7 Å². The maximum Gasteiger partial charge on any atom is 0.222 e. The number of hydrogen-bond acceptors (Lipinski definition) is 2. The molecule has 0 radical (unpaired) electrons. The second kappa shape index (κ2) is 8.52. The van der Waals surface area contributed by atoms with E-state index in [0.717, 1.165) is 19.5 Å². The Bertz CT molecular complexity index is 233. The van der Waals surface area contributed by atoms with Gasteiger partial charge in [0.1, 0.15) is 0 Å². The van der Waals surface area contributed by atoms with Crippen LogP contribution < -0.4 is 5.73 Å². The lowest BCUT2D eigenvalue weighted by Gasteiger charge is -2.27. The van der Waals surface area contributed by atoms with Gasteiger partial charge in [0.25, 0.3) is 0 Å². The number of nitrogens with two attached hydrogens (primary N) is 1. The molecule has 1 unspecified atom stereocenters. The van der Waals surface area contributed by atoms with E-state index in [-0.39, 0.29) is 0 Å². The molecule has 0 aromatic rings. The van der Waals surface area contributed by atoms with Crippen LogP contribution in [-0.2, 0) is 4.79 Å². The molecule has 1 aliphatic heterocycles. The van der Waals surface area contributed by atoms with Gasteiger partial charge in [0, 0.05) is 19.5 Å². The Morgan fingerprint density at radius 3 is 2.17 bits per heavy atom. The molecule has 0 aromatic heterocycles. The second-order valence-corrected chi connectivity index (χ2v) is 6.08. The Kier molecular flexibility index (Phi) is 7.33. The van der Waals surface area contributed by atoms with E-state index in [0.29, 0.717) is 30.7 Å². The Morgan fingerprint density at radius 1 is 1.11 bits per heavy atom. The molecule has 1 amide bonds. The fraction of sp³-hybridized carbons (Fsp3) is 0.933. The molecule has 106 valence electrons. The van der Waals surface area contributed by atoms with Crippen LogP contribution >= 0.6 is 0 Å². The first kappa shape index (κ1) is 15.5. The second-order valence-electron chi connectivity index (χ2n) is 6.08. The zero-order valence-corrected chi connectivity index (χ0v) is 12.2. The lowest BCUT2D eigenvalue weighted by molar-refractivity contribution is -0.132. The van der Waals surface area contributed by atoms with Crippen LogP contribution in [0.1, 0.15) is 58.8 Å². The summed E-state index contributed by atoms with van der Waals surface area (Å²) in [6.07, 6.45) is 7.93. The Labute approximate surface area is 112 Å². The van der Waals surface area contributed by atoms with Crippen LogP contribution in [-0.4, -0.2) is 30.4 Å². The third-order valence-corrected chi connectivity index (χ3v) is 3.81. The van der Waals surface area contributed by atoms with Gasteiger partial charge in [0.2, 0.25) is 5.91 Å². The van der Waals surface area contributed by atoms with E-state index in [1.165, 1.54) is 32.1 Å². The monoisotopic (exact) mass is 254 g/mol. The average Bonchev–Trinajstić information content (AvgIpc) is 2.26. The molecular weight excluding hydrogens is 224 g/mol. The fourth-order valence-electron chi connectivity index (χ4n) is 2.80. The summed E-state index contributed by atoms with van der Waals surface area (Å²) in [5.74, 6) is 1.31. The fourth-order valence-corrected chi connectivity index (χ4v) is 2.80. The molecule has 1 rings (SSSR count).